The normalized spacial score (nSPS) is 10.4. The number of hydrogen-bond donors (Lipinski definition) is 1. The van der Waals surface area contributed by atoms with E-state index in [1.807, 2.05) is 13.8 Å². The first-order valence-electron chi connectivity index (χ1n) is 6.70. The molecule has 6 nitrogen and oxygen atoms in total. The minimum atomic E-state index is -0.149. The van der Waals surface area contributed by atoms with E-state index < -0.39 is 0 Å². The van der Waals surface area contributed by atoms with Gasteiger partial charge in [0.05, 0.1) is 13.2 Å². The number of aromatic nitrogens is 1. The SMILES string of the molecule is CCOc1cc(N)cc(C(=O)N(C)Cc2cc(C)on2)c1. The summed E-state index contributed by atoms with van der Waals surface area (Å²) in [6.45, 7) is 4.58. The molecule has 2 rings (SSSR count). The van der Waals surface area contributed by atoms with Crippen molar-refractivity contribution in [2.24, 2.45) is 0 Å². The third-order valence-corrected chi connectivity index (χ3v) is 2.91. The predicted molar refractivity (Wildman–Crippen MR) is 79.1 cm³/mol. The fourth-order valence-corrected chi connectivity index (χ4v) is 2.02. The van der Waals surface area contributed by atoms with Gasteiger partial charge in [0, 0.05) is 30.4 Å². The number of carbonyl (C=O) groups is 1. The van der Waals surface area contributed by atoms with Crippen LogP contribution in [0.25, 0.3) is 0 Å². The minimum Gasteiger partial charge on any atom is -0.494 e. The number of rotatable bonds is 5. The van der Waals surface area contributed by atoms with E-state index in [1.165, 1.54) is 0 Å². The van der Waals surface area contributed by atoms with Crippen LogP contribution in [0, 0.1) is 6.92 Å². The van der Waals surface area contributed by atoms with Crippen LogP contribution in [0.3, 0.4) is 0 Å². The zero-order chi connectivity index (χ0) is 15.4. The molecule has 112 valence electrons. The third-order valence-electron chi connectivity index (χ3n) is 2.91. The maximum Gasteiger partial charge on any atom is 0.254 e. The summed E-state index contributed by atoms with van der Waals surface area (Å²) in [6.07, 6.45) is 0. The van der Waals surface area contributed by atoms with Gasteiger partial charge in [-0.05, 0) is 26.0 Å². The number of nitrogens with zero attached hydrogens (tertiary/aromatic N) is 2. The van der Waals surface area contributed by atoms with Gasteiger partial charge in [-0.15, -0.1) is 0 Å². The van der Waals surface area contributed by atoms with E-state index in [0.717, 1.165) is 0 Å². The second-order valence-corrected chi connectivity index (χ2v) is 4.81. The van der Waals surface area contributed by atoms with E-state index in [-0.39, 0.29) is 5.91 Å². The fraction of sp³-hybridized carbons (Fsp3) is 0.333. The first-order valence-corrected chi connectivity index (χ1v) is 6.70. The molecule has 2 aromatic rings. The maximum atomic E-state index is 12.4. The van der Waals surface area contributed by atoms with Crippen LogP contribution in [0.2, 0.25) is 0 Å². The Morgan fingerprint density at radius 2 is 2.14 bits per heavy atom. The van der Waals surface area contributed by atoms with Crippen molar-refractivity contribution in [1.82, 2.24) is 10.1 Å². The van der Waals surface area contributed by atoms with E-state index in [9.17, 15) is 4.79 Å². The van der Waals surface area contributed by atoms with Crippen LogP contribution < -0.4 is 10.5 Å². The molecule has 0 spiro atoms. The maximum absolute atomic E-state index is 12.4. The standard InChI is InChI=1S/C15H19N3O3/c1-4-20-14-7-11(6-12(16)8-14)15(19)18(3)9-13-5-10(2)21-17-13/h5-8H,4,9,16H2,1-3H3. The highest BCUT2D eigenvalue weighted by atomic mass is 16.5. The molecule has 1 amide bonds. The number of ether oxygens (including phenoxy) is 1. The van der Waals surface area contributed by atoms with Crippen LogP contribution in [0.4, 0.5) is 5.69 Å². The first-order chi connectivity index (χ1) is 9.99. The molecule has 2 N–H and O–H groups in total. The third kappa shape index (κ3) is 3.75. The van der Waals surface area contributed by atoms with Gasteiger partial charge in [0.2, 0.25) is 0 Å². The van der Waals surface area contributed by atoms with Crippen molar-refractivity contribution in [3.8, 4) is 5.75 Å². The molecule has 0 aliphatic heterocycles. The largest absolute Gasteiger partial charge is 0.494 e. The second kappa shape index (κ2) is 6.30. The summed E-state index contributed by atoms with van der Waals surface area (Å²) in [4.78, 5) is 14.0. The molecule has 1 heterocycles. The first kappa shape index (κ1) is 14.9. The smallest absolute Gasteiger partial charge is 0.254 e. The molecular weight excluding hydrogens is 270 g/mol. The van der Waals surface area contributed by atoms with Crippen LogP contribution in [-0.4, -0.2) is 29.6 Å². The van der Waals surface area contributed by atoms with Gasteiger partial charge in [-0.2, -0.15) is 0 Å². The van der Waals surface area contributed by atoms with Crippen LogP contribution in [-0.2, 0) is 6.54 Å². The predicted octanol–water partition coefficient (Wildman–Crippen LogP) is 2.24. The Kier molecular flexibility index (Phi) is 4.47. The molecule has 0 bridgehead atoms. The van der Waals surface area contributed by atoms with Crippen molar-refractivity contribution in [3.05, 3.63) is 41.3 Å². The molecule has 6 heteroatoms. The lowest BCUT2D eigenvalue weighted by Crippen LogP contribution is -2.26. The van der Waals surface area contributed by atoms with Crippen molar-refractivity contribution in [2.75, 3.05) is 19.4 Å². The average molecular weight is 289 g/mol. The van der Waals surface area contributed by atoms with E-state index in [0.29, 0.717) is 41.6 Å². The monoisotopic (exact) mass is 289 g/mol. The van der Waals surface area contributed by atoms with Crippen LogP contribution in [0.1, 0.15) is 28.7 Å². The Morgan fingerprint density at radius 1 is 1.38 bits per heavy atom. The number of anilines is 1. The second-order valence-electron chi connectivity index (χ2n) is 4.81. The van der Waals surface area contributed by atoms with Gasteiger partial charge in [0.15, 0.2) is 0 Å². The van der Waals surface area contributed by atoms with Crippen molar-refractivity contribution in [2.45, 2.75) is 20.4 Å². The van der Waals surface area contributed by atoms with Crippen molar-refractivity contribution in [1.29, 1.82) is 0 Å². The average Bonchev–Trinajstić information content (AvgIpc) is 2.83. The van der Waals surface area contributed by atoms with Crippen molar-refractivity contribution in [3.63, 3.8) is 0 Å². The van der Waals surface area contributed by atoms with Gasteiger partial charge < -0.3 is 19.9 Å². The number of amides is 1. The van der Waals surface area contributed by atoms with Crippen LogP contribution in [0.15, 0.2) is 28.8 Å². The summed E-state index contributed by atoms with van der Waals surface area (Å²) in [5.74, 6) is 1.16. The lowest BCUT2D eigenvalue weighted by Gasteiger charge is -2.16. The summed E-state index contributed by atoms with van der Waals surface area (Å²) in [6, 6.07) is 6.82. The zero-order valence-corrected chi connectivity index (χ0v) is 12.4. The molecule has 0 fully saturated rings. The van der Waals surface area contributed by atoms with Crippen molar-refractivity contribution < 1.29 is 14.1 Å². The van der Waals surface area contributed by atoms with E-state index in [4.69, 9.17) is 15.0 Å². The Bertz CT molecular complexity index is 637. The van der Waals surface area contributed by atoms with Crippen molar-refractivity contribution >= 4 is 11.6 Å². The Hall–Kier alpha value is -2.50. The van der Waals surface area contributed by atoms with Gasteiger partial charge in [-0.1, -0.05) is 5.16 Å². The molecular formula is C15H19N3O3. The topological polar surface area (TPSA) is 81.6 Å². The minimum absolute atomic E-state index is 0.149. The molecule has 0 radical (unpaired) electrons. The quantitative estimate of drug-likeness (QED) is 0.854. The molecule has 0 saturated heterocycles. The number of aryl methyl sites for hydroxylation is 1. The summed E-state index contributed by atoms with van der Waals surface area (Å²) in [5.41, 5.74) is 7.49. The molecule has 0 saturated carbocycles. The van der Waals surface area contributed by atoms with E-state index >= 15 is 0 Å². The molecule has 0 unspecified atom stereocenters. The molecule has 21 heavy (non-hydrogen) atoms. The van der Waals surface area contributed by atoms with E-state index in [2.05, 4.69) is 5.16 Å². The highest BCUT2D eigenvalue weighted by Gasteiger charge is 2.15. The highest BCUT2D eigenvalue weighted by Crippen LogP contribution is 2.20. The summed E-state index contributed by atoms with van der Waals surface area (Å²) < 4.78 is 10.4. The van der Waals surface area contributed by atoms with E-state index in [1.54, 1.807) is 36.2 Å². The zero-order valence-electron chi connectivity index (χ0n) is 12.4. The van der Waals surface area contributed by atoms with Gasteiger partial charge >= 0.3 is 0 Å². The number of carbonyl (C=O) groups excluding carboxylic acids is 1. The number of nitrogens with two attached hydrogens (primary N) is 1. The fourth-order valence-electron chi connectivity index (χ4n) is 2.02. The number of benzene rings is 1. The lowest BCUT2D eigenvalue weighted by molar-refractivity contribution is 0.0781. The van der Waals surface area contributed by atoms with Gasteiger partial charge in [-0.3, -0.25) is 4.79 Å². The van der Waals surface area contributed by atoms with Gasteiger partial charge in [0.25, 0.3) is 5.91 Å². The molecule has 0 aliphatic rings. The number of hydrogen-bond acceptors (Lipinski definition) is 5. The Balaban J connectivity index is 2.14. The Labute approximate surface area is 123 Å². The van der Waals surface area contributed by atoms with Gasteiger partial charge in [-0.25, -0.2) is 0 Å². The lowest BCUT2D eigenvalue weighted by atomic mass is 10.1. The molecule has 0 atom stereocenters. The summed E-state index contributed by atoms with van der Waals surface area (Å²) in [5, 5.41) is 3.88. The van der Waals surface area contributed by atoms with Crippen LogP contribution >= 0.6 is 0 Å². The molecule has 0 aliphatic carbocycles. The highest BCUT2D eigenvalue weighted by molar-refractivity contribution is 5.95. The molecule has 1 aromatic carbocycles. The Morgan fingerprint density at radius 3 is 2.76 bits per heavy atom. The molecule has 1 aromatic heterocycles. The summed E-state index contributed by atoms with van der Waals surface area (Å²) >= 11 is 0. The van der Waals surface area contributed by atoms with Crippen LogP contribution in [0.5, 0.6) is 5.75 Å². The number of nitrogen functional groups attached to an aromatic ring is 1. The summed E-state index contributed by atoms with van der Waals surface area (Å²) in [7, 11) is 1.70. The van der Waals surface area contributed by atoms with Gasteiger partial charge in [0.1, 0.15) is 17.2 Å².